The number of nitrogens with one attached hydrogen (secondary N) is 4. The Hall–Kier alpha value is -5.32. The van der Waals surface area contributed by atoms with Crippen LogP contribution in [0, 0.1) is 37.5 Å². The quantitative estimate of drug-likeness (QED) is 0.112. The van der Waals surface area contributed by atoms with Gasteiger partial charge in [0.25, 0.3) is 0 Å². The van der Waals surface area contributed by atoms with Gasteiger partial charge in [0.15, 0.2) is 0 Å². The predicted molar refractivity (Wildman–Crippen MR) is 271 cm³/mol. The maximum Gasteiger partial charge on any atom is 0.494 e. The highest BCUT2D eigenvalue weighted by atomic mass is 79.9. The number of rotatable bonds is 10. The molecule has 3 heterocycles. The summed E-state index contributed by atoms with van der Waals surface area (Å²) >= 11 is 3.33. The average molecular weight is 998 g/mol. The van der Waals surface area contributed by atoms with E-state index in [-0.39, 0.29) is 42.0 Å². The number of alkyl carbamates (subject to hydrolysis) is 2. The van der Waals surface area contributed by atoms with Crippen molar-refractivity contribution >= 4 is 64.1 Å². The molecule has 366 valence electrons. The number of aryl methyl sites for hydroxylation is 2. The van der Waals surface area contributed by atoms with E-state index in [1.165, 1.54) is 0 Å². The molecule has 2 aromatic heterocycles. The molecule has 16 heteroatoms. The summed E-state index contributed by atoms with van der Waals surface area (Å²) in [7, 11) is -0.378. The molecule has 2 aromatic carbocycles. The number of halogens is 1. The first-order chi connectivity index (χ1) is 31.6. The summed E-state index contributed by atoms with van der Waals surface area (Å²) in [6.45, 7) is 28.2. The summed E-state index contributed by atoms with van der Waals surface area (Å²) in [6, 6.07) is 19.5. The molecule has 0 unspecified atom stereocenters. The number of nitrogens with zero attached hydrogens (tertiary/aromatic N) is 2. The van der Waals surface area contributed by atoms with Crippen molar-refractivity contribution in [2.75, 3.05) is 10.6 Å². The minimum absolute atomic E-state index is 0.0434. The first-order valence-electron chi connectivity index (χ1n) is 23.3. The van der Waals surface area contributed by atoms with Crippen LogP contribution in [0.1, 0.15) is 118 Å². The van der Waals surface area contributed by atoms with Gasteiger partial charge in [-0.2, -0.15) is 0 Å². The molecular weight excluding hydrogens is 927 g/mol. The van der Waals surface area contributed by atoms with Crippen molar-refractivity contribution in [3.8, 4) is 11.1 Å². The van der Waals surface area contributed by atoms with Crippen molar-refractivity contribution in [1.82, 2.24) is 20.6 Å². The summed E-state index contributed by atoms with van der Waals surface area (Å²) in [5.41, 5.74) is 5.44. The zero-order valence-corrected chi connectivity index (χ0v) is 43.8. The number of amides is 4. The zero-order valence-electron chi connectivity index (χ0n) is 42.2. The Kier molecular flexibility index (Phi) is 17.3. The third kappa shape index (κ3) is 16.2. The maximum absolute atomic E-state index is 12.1. The van der Waals surface area contributed by atoms with Gasteiger partial charge in [0, 0.05) is 41.8 Å². The second-order valence-electron chi connectivity index (χ2n) is 21.0. The molecule has 0 radical (unpaired) electrons. The Labute approximate surface area is 411 Å². The van der Waals surface area contributed by atoms with E-state index < -0.39 is 23.4 Å². The number of aromatic nitrogens is 2. The Morgan fingerprint density at radius 3 is 1.51 bits per heavy atom. The molecule has 2 aliphatic carbocycles. The van der Waals surface area contributed by atoms with Crippen LogP contribution in [0.25, 0.3) is 11.1 Å². The topological polar surface area (TPSA) is 179 Å². The molecule has 1 saturated heterocycles. The molecule has 0 bridgehead atoms. The molecule has 3 aliphatic rings. The van der Waals surface area contributed by atoms with E-state index in [0.717, 1.165) is 56.2 Å². The Morgan fingerprint density at radius 1 is 0.662 bits per heavy atom. The van der Waals surface area contributed by atoms with Crippen LogP contribution in [0.5, 0.6) is 0 Å². The molecule has 3 fully saturated rings. The molecule has 7 rings (SSSR count). The van der Waals surface area contributed by atoms with Gasteiger partial charge < -0.3 is 40.0 Å². The smallest absolute Gasteiger partial charge is 0.444 e. The second-order valence-corrected chi connectivity index (χ2v) is 21.9. The summed E-state index contributed by atoms with van der Waals surface area (Å²) < 4.78 is 23.6. The molecular formula is C52H70BBrN6O8. The molecule has 0 spiro atoms. The van der Waals surface area contributed by atoms with Crippen LogP contribution in [-0.2, 0) is 41.5 Å². The summed E-state index contributed by atoms with van der Waals surface area (Å²) in [5.74, 6) is 2.61. The molecule has 4 N–H and O–H groups in total. The van der Waals surface area contributed by atoms with Crippen LogP contribution in [-0.4, -0.2) is 63.5 Å². The number of anilines is 2. The van der Waals surface area contributed by atoms with Crippen LogP contribution in [0.2, 0.25) is 0 Å². The lowest BCUT2D eigenvalue weighted by atomic mass is 9.78. The molecule has 14 nitrogen and oxygen atoms in total. The highest BCUT2D eigenvalue weighted by Crippen LogP contribution is 2.40. The third-order valence-corrected chi connectivity index (χ3v) is 12.6. The van der Waals surface area contributed by atoms with E-state index in [4.69, 9.17) is 18.8 Å². The SMILES string of the molecule is C[C@@H]1C[C@H]1C(=O)Nc1cc(Br)ccn1.Cc1cc(-c2ccnc(NC(=O)[C@@H]3C[C@H]3C)c2)ccc1CNC(=O)OC(C)(C)C.Cc1cc(B2OC(C)(C)C(C)(C)O2)ccc1CNC(=O)OC(C)(C)C. The van der Waals surface area contributed by atoms with Crippen molar-refractivity contribution in [3.63, 3.8) is 0 Å². The number of hydrogen-bond acceptors (Lipinski definition) is 10. The van der Waals surface area contributed by atoms with Gasteiger partial charge in [0.05, 0.1) is 11.2 Å². The monoisotopic (exact) mass is 996 g/mol. The van der Waals surface area contributed by atoms with Gasteiger partial charge in [0.1, 0.15) is 22.8 Å². The lowest BCUT2D eigenvalue weighted by Crippen LogP contribution is -2.41. The highest BCUT2D eigenvalue weighted by Gasteiger charge is 2.51. The third-order valence-electron chi connectivity index (χ3n) is 12.1. The molecule has 2 saturated carbocycles. The summed E-state index contributed by atoms with van der Waals surface area (Å²) in [4.78, 5) is 55.6. The van der Waals surface area contributed by atoms with Gasteiger partial charge in [-0.15, -0.1) is 0 Å². The van der Waals surface area contributed by atoms with Crippen molar-refractivity contribution in [2.45, 2.75) is 145 Å². The summed E-state index contributed by atoms with van der Waals surface area (Å²) in [5, 5.41) is 11.3. The van der Waals surface area contributed by atoms with Gasteiger partial charge in [-0.05, 0) is 171 Å². The van der Waals surface area contributed by atoms with Gasteiger partial charge in [0.2, 0.25) is 11.8 Å². The van der Waals surface area contributed by atoms with Gasteiger partial charge in [-0.1, -0.05) is 66.2 Å². The van der Waals surface area contributed by atoms with E-state index in [9.17, 15) is 19.2 Å². The van der Waals surface area contributed by atoms with E-state index in [2.05, 4.69) is 67.1 Å². The molecule has 1 aliphatic heterocycles. The van der Waals surface area contributed by atoms with E-state index in [0.29, 0.717) is 36.6 Å². The minimum Gasteiger partial charge on any atom is -0.444 e. The van der Waals surface area contributed by atoms with Gasteiger partial charge in [-0.25, -0.2) is 19.6 Å². The van der Waals surface area contributed by atoms with Crippen molar-refractivity contribution in [3.05, 3.63) is 99.8 Å². The van der Waals surface area contributed by atoms with E-state index in [1.54, 1.807) is 18.5 Å². The number of hydrogen-bond donors (Lipinski definition) is 4. The lowest BCUT2D eigenvalue weighted by Gasteiger charge is -2.32. The second kappa shape index (κ2) is 22.0. The average Bonchev–Trinajstić information content (AvgIpc) is 4.13. The predicted octanol–water partition coefficient (Wildman–Crippen LogP) is 10.4. The fraction of sp³-hybridized carbons (Fsp3) is 0.500. The van der Waals surface area contributed by atoms with Crippen molar-refractivity contribution < 1.29 is 38.0 Å². The Balaban J connectivity index is 0.000000201. The Morgan fingerprint density at radius 2 is 1.09 bits per heavy atom. The fourth-order valence-corrected chi connectivity index (χ4v) is 7.38. The molecule has 4 amide bonds. The number of ether oxygens (including phenoxy) is 2. The van der Waals surface area contributed by atoms with Gasteiger partial charge >= 0.3 is 19.3 Å². The van der Waals surface area contributed by atoms with E-state index in [1.807, 2.05) is 132 Å². The largest absolute Gasteiger partial charge is 0.494 e. The number of pyridine rings is 2. The van der Waals surface area contributed by atoms with Crippen LogP contribution in [0.15, 0.2) is 77.5 Å². The molecule has 4 aromatic rings. The van der Waals surface area contributed by atoms with Crippen LogP contribution >= 0.6 is 15.9 Å². The standard InChI is InChI=1S/C23H29N3O3.C19H30BNO4.C10H11BrN2O/c1-14-10-16(6-7-18(14)13-25-22(28)29-23(3,4)5)17-8-9-24-20(12-17)26-21(27)19-11-15(19)2;1-13-11-15(20-24-18(5,6)19(7,8)25-20)10-9-14(13)12-21-16(22)23-17(2,3)4;1-6-4-8(6)10(14)13-9-5-7(11)2-3-12-9/h6-10,12,15,19H,11,13H2,1-5H3,(H,25,28)(H,24,26,27);9-11H,12H2,1-8H3,(H,21,22);2-3,5-6,8H,4H2,1H3,(H,12,13,14)/t15-,19-;;6-,8-/m1.1/s1. The van der Waals surface area contributed by atoms with Crippen molar-refractivity contribution in [1.29, 1.82) is 0 Å². The van der Waals surface area contributed by atoms with Crippen molar-refractivity contribution in [2.24, 2.45) is 23.7 Å². The number of benzene rings is 2. The van der Waals surface area contributed by atoms with E-state index >= 15 is 0 Å². The summed E-state index contributed by atoms with van der Waals surface area (Å²) in [6.07, 6.45) is 4.47. The molecule has 68 heavy (non-hydrogen) atoms. The van der Waals surface area contributed by atoms with Gasteiger partial charge in [-0.3, -0.25) is 9.59 Å². The maximum atomic E-state index is 12.1. The first kappa shape index (κ1) is 53.6. The van der Waals surface area contributed by atoms with Crippen LogP contribution in [0.4, 0.5) is 21.2 Å². The fourth-order valence-electron chi connectivity index (χ4n) is 7.04. The Bertz CT molecular complexity index is 2430. The molecule has 4 atom stereocenters. The number of carbonyl (C=O) groups is 4. The lowest BCUT2D eigenvalue weighted by molar-refractivity contribution is -0.118. The normalized spacial score (nSPS) is 19.7. The number of carbonyl (C=O) groups excluding carboxylic acids is 4. The zero-order chi connectivity index (χ0) is 50.4. The highest BCUT2D eigenvalue weighted by molar-refractivity contribution is 9.10. The first-order valence-corrected chi connectivity index (χ1v) is 24.1. The van der Waals surface area contributed by atoms with Crippen LogP contribution < -0.4 is 26.7 Å². The minimum atomic E-state index is -0.519. The van der Waals surface area contributed by atoms with Crippen LogP contribution in [0.3, 0.4) is 0 Å².